The summed E-state index contributed by atoms with van der Waals surface area (Å²) in [6.45, 7) is 14.7. The molecule has 5 heteroatoms. The van der Waals surface area contributed by atoms with Crippen molar-refractivity contribution < 1.29 is 19.0 Å². The van der Waals surface area contributed by atoms with Crippen molar-refractivity contribution in [3.8, 4) is 5.75 Å². The number of amides is 1. The Kier molecular flexibility index (Phi) is 10.4. The molecule has 1 aromatic carbocycles. The third-order valence-corrected chi connectivity index (χ3v) is 4.12. The predicted molar refractivity (Wildman–Crippen MR) is 110 cm³/mol. The number of hydrogen-bond donors (Lipinski definition) is 1. The molecule has 5 nitrogen and oxygen atoms in total. The van der Waals surface area contributed by atoms with Gasteiger partial charge in [0, 0.05) is 18.9 Å². The maximum atomic E-state index is 13.1. The number of benzene rings is 1. The first-order valence-corrected chi connectivity index (χ1v) is 10.1. The van der Waals surface area contributed by atoms with Crippen LogP contribution in [0.25, 0.3) is 0 Å². The standard InChI is InChI=1S/C22H37NO4/c1-7-25-13-14-26-20-11-9-19(10-12-20)23-21(24)22(27-8-2,15-17(3)4)16-18(5)6/h9-12,17-18H,7-8,13-16H2,1-6H3,(H,23,24). The van der Waals surface area contributed by atoms with Crippen molar-refractivity contribution in [1.82, 2.24) is 0 Å². The van der Waals surface area contributed by atoms with Gasteiger partial charge in [-0.25, -0.2) is 0 Å². The number of nitrogens with one attached hydrogen (secondary N) is 1. The van der Waals surface area contributed by atoms with Gasteiger partial charge in [-0.15, -0.1) is 0 Å². The Bertz CT molecular complexity index is 530. The molecule has 1 aromatic rings. The van der Waals surface area contributed by atoms with Gasteiger partial charge in [0.05, 0.1) is 6.61 Å². The van der Waals surface area contributed by atoms with E-state index in [1.807, 2.05) is 38.1 Å². The van der Waals surface area contributed by atoms with E-state index in [1.54, 1.807) is 0 Å². The topological polar surface area (TPSA) is 56.8 Å². The zero-order valence-corrected chi connectivity index (χ0v) is 17.8. The fourth-order valence-electron chi connectivity index (χ4n) is 3.29. The molecule has 0 unspecified atom stereocenters. The molecule has 0 spiro atoms. The summed E-state index contributed by atoms with van der Waals surface area (Å²) in [5.74, 6) is 1.41. The largest absolute Gasteiger partial charge is 0.491 e. The molecule has 1 rings (SSSR count). The van der Waals surface area contributed by atoms with Gasteiger partial charge in [0.25, 0.3) is 5.91 Å². The zero-order valence-electron chi connectivity index (χ0n) is 17.8. The second-order valence-corrected chi connectivity index (χ2v) is 7.65. The number of carbonyl (C=O) groups excluding carboxylic acids is 1. The fourth-order valence-corrected chi connectivity index (χ4v) is 3.29. The van der Waals surface area contributed by atoms with Crippen LogP contribution in [-0.4, -0.2) is 37.9 Å². The maximum absolute atomic E-state index is 13.1. The second kappa shape index (κ2) is 12.0. The Morgan fingerprint density at radius 2 is 1.56 bits per heavy atom. The second-order valence-electron chi connectivity index (χ2n) is 7.65. The summed E-state index contributed by atoms with van der Waals surface area (Å²) in [5.41, 5.74) is -0.0576. The summed E-state index contributed by atoms with van der Waals surface area (Å²) in [4.78, 5) is 13.1. The predicted octanol–water partition coefficient (Wildman–Crippen LogP) is 4.91. The van der Waals surface area contributed by atoms with Gasteiger partial charge in [-0.3, -0.25) is 4.79 Å². The lowest BCUT2D eigenvalue weighted by Gasteiger charge is -2.35. The Labute approximate surface area is 164 Å². The van der Waals surface area contributed by atoms with Gasteiger partial charge in [0.1, 0.15) is 18.0 Å². The molecule has 27 heavy (non-hydrogen) atoms. The summed E-state index contributed by atoms with van der Waals surface area (Å²) in [7, 11) is 0. The highest BCUT2D eigenvalue weighted by atomic mass is 16.5. The van der Waals surface area contributed by atoms with Crippen LogP contribution in [0.15, 0.2) is 24.3 Å². The normalized spacial score (nSPS) is 11.9. The number of rotatable bonds is 13. The Morgan fingerprint density at radius 3 is 2.04 bits per heavy atom. The van der Waals surface area contributed by atoms with E-state index >= 15 is 0 Å². The molecule has 0 radical (unpaired) electrons. The highest BCUT2D eigenvalue weighted by Crippen LogP contribution is 2.31. The van der Waals surface area contributed by atoms with E-state index < -0.39 is 5.60 Å². The Hall–Kier alpha value is -1.59. The van der Waals surface area contributed by atoms with Crippen molar-refractivity contribution in [2.75, 3.05) is 31.7 Å². The number of ether oxygens (including phenoxy) is 3. The Morgan fingerprint density at radius 1 is 0.963 bits per heavy atom. The third kappa shape index (κ3) is 8.31. The van der Waals surface area contributed by atoms with Crippen LogP contribution >= 0.6 is 0 Å². The van der Waals surface area contributed by atoms with Gasteiger partial charge in [-0.05, 0) is 62.8 Å². The van der Waals surface area contributed by atoms with E-state index in [4.69, 9.17) is 14.2 Å². The molecular weight excluding hydrogens is 342 g/mol. The number of hydrogen-bond acceptors (Lipinski definition) is 4. The van der Waals surface area contributed by atoms with Crippen molar-refractivity contribution in [2.24, 2.45) is 11.8 Å². The number of carbonyl (C=O) groups is 1. The molecule has 0 fully saturated rings. The average Bonchev–Trinajstić information content (AvgIpc) is 2.59. The fraction of sp³-hybridized carbons (Fsp3) is 0.682. The quantitative estimate of drug-likeness (QED) is 0.495. The van der Waals surface area contributed by atoms with E-state index in [2.05, 4.69) is 33.0 Å². The van der Waals surface area contributed by atoms with E-state index in [9.17, 15) is 4.79 Å². The van der Waals surface area contributed by atoms with Crippen molar-refractivity contribution >= 4 is 11.6 Å². The molecule has 1 amide bonds. The van der Waals surface area contributed by atoms with Crippen LogP contribution in [0.2, 0.25) is 0 Å². The van der Waals surface area contributed by atoms with Gasteiger partial charge in [-0.2, -0.15) is 0 Å². The van der Waals surface area contributed by atoms with Crippen LogP contribution in [0.3, 0.4) is 0 Å². The third-order valence-electron chi connectivity index (χ3n) is 4.12. The van der Waals surface area contributed by atoms with Crippen LogP contribution in [0.4, 0.5) is 5.69 Å². The molecule has 1 N–H and O–H groups in total. The minimum absolute atomic E-state index is 0.0724. The summed E-state index contributed by atoms with van der Waals surface area (Å²) in [5, 5.41) is 3.04. The van der Waals surface area contributed by atoms with Gasteiger partial charge in [-0.1, -0.05) is 27.7 Å². The summed E-state index contributed by atoms with van der Waals surface area (Å²) in [6.07, 6.45) is 1.40. The van der Waals surface area contributed by atoms with Crippen LogP contribution < -0.4 is 10.1 Å². The van der Waals surface area contributed by atoms with Crippen molar-refractivity contribution in [3.63, 3.8) is 0 Å². The smallest absolute Gasteiger partial charge is 0.256 e. The van der Waals surface area contributed by atoms with E-state index in [-0.39, 0.29) is 5.91 Å². The van der Waals surface area contributed by atoms with Crippen molar-refractivity contribution in [3.05, 3.63) is 24.3 Å². The lowest BCUT2D eigenvalue weighted by molar-refractivity contribution is -0.146. The molecule has 154 valence electrons. The first-order chi connectivity index (χ1) is 12.8. The van der Waals surface area contributed by atoms with E-state index in [0.717, 1.165) is 11.4 Å². The number of anilines is 1. The molecular formula is C22H37NO4. The highest BCUT2D eigenvalue weighted by Gasteiger charge is 2.40. The summed E-state index contributed by atoms with van der Waals surface area (Å²) < 4.78 is 16.9. The highest BCUT2D eigenvalue weighted by molar-refractivity contribution is 5.97. The van der Waals surface area contributed by atoms with Gasteiger partial charge >= 0.3 is 0 Å². The monoisotopic (exact) mass is 379 g/mol. The zero-order chi connectivity index (χ0) is 20.3. The minimum Gasteiger partial charge on any atom is -0.491 e. The summed E-state index contributed by atoms with van der Waals surface area (Å²) in [6, 6.07) is 7.42. The van der Waals surface area contributed by atoms with Crippen LogP contribution in [-0.2, 0) is 14.3 Å². The van der Waals surface area contributed by atoms with Gasteiger partial charge in [0.2, 0.25) is 0 Å². The lowest BCUT2D eigenvalue weighted by atomic mass is 9.83. The molecule has 0 heterocycles. The lowest BCUT2D eigenvalue weighted by Crippen LogP contribution is -2.47. The Balaban J connectivity index is 2.81. The van der Waals surface area contributed by atoms with Gasteiger partial charge < -0.3 is 19.5 Å². The van der Waals surface area contributed by atoms with E-state index in [1.165, 1.54) is 0 Å². The first-order valence-electron chi connectivity index (χ1n) is 10.1. The van der Waals surface area contributed by atoms with E-state index in [0.29, 0.717) is 51.1 Å². The SMILES string of the molecule is CCOCCOc1ccc(NC(=O)C(CC(C)C)(CC(C)C)OCC)cc1. The van der Waals surface area contributed by atoms with Crippen molar-refractivity contribution in [1.29, 1.82) is 0 Å². The molecule has 0 bridgehead atoms. The molecule has 0 aliphatic rings. The van der Waals surface area contributed by atoms with Crippen LogP contribution in [0.1, 0.15) is 54.4 Å². The van der Waals surface area contributed by atoms with Crippen LogP contribution in [0.5, 0.6) is 5.75 Å². The molecule has 0 saturated carbocycles. The molecule has 0 aliphatic heterocycles. The first kappa shape index (κ1) is 23.4. The summed E-state index contributed by atoms with van der Waals surface area (Å²) >= 11 is 0. The molecule has 0 atom stereocenters. The molecule has 0 aliphatic carbocycles. The van der Waals surface area contributed by atoms with Gasteiger partial charge in [0.15, 0.2) is 0 Å². The van der Waals surface area contributed by atoms with Crippen LogP contribution in [0, 0.1) is 11.8 Å². The molecule has 0 saturated heterocycles. The average molecular weight is 380 g/mol. The van der Waals surface area contributed by atoms with Crippen molar-refractivity contribution in [2.45, 2.75) is 60.0 Å². The molecule has 0 aromatic heterocycles. The maximum Gasteiger partial charge on any atom is 0.256 e. The minimum atomic E-state index is -0.802.